The number of amides is 1. The second kappa shape index (κ2) is 17.5. The maximum absolute atomic E-state index is 12.8. The average molecular weight is 803 g/mol. The number of piperazine rings is 2. The number of hydrogen-bond donors (Lipinski definition) is 1. The molecule has 0 unspecified atom stereocenters. The van der Waals surface area contributed by atoms with Gasteiger partial charge in [-0.1, -0.05) is 112 Å². The van der Waals surface area contributed by atoms with Crippen molar-refractivity contribution >= 4 is 87.1 Å². The fourth-order valence-corrected chi connectivity index (χ4v) is 7.55. The van der Waals surface area contributed by atoms with Gasteiger partial charge in [-0.15, -0.1) is 0 Å². The zero-order chi connectivity index (χ0) is 35.9. The Morgan fingerprint density at radius 3 is 1.65 bits per heavy atom. The van der Waals surface area contributed by atoms with Crippen LogP contribution in [0.3, 0.4) is 0 Å². The Kier molecular flexibility index (Phi) is 12.8. The Hall–Kier alpha value is -3.33. The number of halogens is 6. The molecule has 0 aromatic heterocycles. The Bertz CT molecular complexity index is 1930. The van der Waals surface area contributed by atoms with Crippen molar-refractivity contribution < 1.29 is 9.53 Å². The highest BCUT2D eigenvalue weighted by Gasteiger charge is 2.33. The molecule has 0 radical (unpaired) electrons. The van der Waals surface area contributed by atoms with Crippen LogP contribution in [0, 0.1) is 0 Å². The summed E-state index contributed by atoms with van der Waals surface area (Å²) in [6.07, 6.45) is -0.373. The standard InChI is InChI=1S/C23H19Cl3N2O2.C16H15Cl3N2/c24-17-8-6-16(7-9-17)22-15-27(23(29)30-19-4-2-1-3-5-19)12-13-28(22)21-11-10-18(25)14-20(21)26;17-12-3-1-11(2-4-12)16-10-20-7-8-21(16)15-6-5-13(18)9-14(15)19/h1-11,14,22H,12-13,15H2;1-6,9,16,20H,7-8,10H2/t22-;16-/m00/s1. The molecule has 2 heterocycles. The van der Waals surface area contributed by atoms with Crippen LogP contribution in [0.25, 0.3) is 0 Å². The van der Waals surface area contributed by atoms with Gasteiger partial charge in [-0.3, -0.25) is 0 Å². The molecule has 264 valence electrons. The molecule has 51 heavy (non-hydrogen) atoms. The highest BCUT2D eigenvalue weighted by molar-refractivity contribution is 6.37. The maximum atomic E-state index is 12.8. The number of hydrogen-bond acceptors (Lipinski definition) is 5. The summed E-state index contributed by atoms with van der Waals surface area (Å²) in [5.74, 6) is 0.522. The van der Waals surface area contributed by atoms with Crippen molar-refractivity contribution in [1.29, 1.82) is 0 Å². The van der Waals surface area contributed by atoms with Crippen LogP contribution >= 0.6 is 69.6 Å². The van der Waals surface area contributed by atoms with Crippen LogP contribution in [0.2, 0.25) is 30.1 Å². The highest BCUT2D eigenvalue weighted by atomic mass is 35.5. The van der Waals surface area contributed by atoms with Crippen LogP contribution < -0.4 is 19.9 Å². The van der Waals surface area contributed by atoms with E-state index in [1.807, 2.05) is 78.9 Å². The lowest BCUT2D eigenvalue weighted by Crippen LogP contribution is -2.51. The molecular formula is C39H34Cl6N4O2. The molecule has 0 saturated carbocycles. The van der Waals surface area contributed by atoms with Crippen LogP contribution in [0.15, 0.2) is 115 Å². The van der Waals surface area contributed by atoms with Gasteiger partial charge in [0.2, 0.25) is 0 Å². The maximum Gasteiger partial charge on any atom is 0.415 e. The predicted molar refractivity (Wildman–Crippen MR) is 213 cm³/mol. The van der Waals surface area contributed by atoms with Gasteiger partial charge < -0.3 is 24.8 Å². The van der Waals surface area contributed by atoms with Gasteiger partial charge in [0.15, 0.2) is 0 Å². The minimum absolute atomic E-state index is 0.113. The molecule has 2 fully saturated rings. The molecular weight excluding hydrogens is 769 g/mol. The number of carbonyl (C=O) groups is 1. The molecule has 12 heteroatoms. The zero-order valence-corrected chi connectivity index (χ0v) is 31.8. The Balaban J connectivity index is 0.000000187. The highest BCUT2D eigenvalue weighted by Crippen LogP contribution is 2.38. The van der Waals surface area contributed by atoms with Crippen LogP contribution in [0.4, 0.5) is 16.2 Å². The molecule has 1 N–H and O–H groups in total. The molecule has 0 spiro atoms. The van der Waals surface area contributed by atoms with E-state index < -0.39 is 0 Å². The van der Waals surface area contributed by atoms with E-state index in [9.17, 15) is 4.79 Å². The van der Waals surface area contributed by atoms with Gasteiger partial charge in [0, 0.05) is 59.4 Å². The van der Waals surface area contributed by atoms with Crippen molar-refractivity contribution in [3.05, 3.63) is 157 Å². The van der Waals surface area contributed by atoms with Crippen molar-refractivity contribution in [3.8, 4) is 5.75 Å². The lowest BCUT2D eigenvalue weighted by molar-refractivity contribution is 0.141. The number of para-hydroxylation sites is 1. The normalized spacial score (nSPS) is 17.4. The number of benzene rings is 5. The van der Waals surface area contributed by atoms with Crippen LogP contribution in [-0.2, 0) is 0 Å². The first-order valence-electron chi connectivity index (χ1n) is 16.3. The largest absolute Gasteiger partial charge is 0.415 e. The second-order valence-corrected chi connectivity index (χ2v) is 14.6. The number of nitrogens with one attached hydrogen (secondary N) is 1. The summed E-state index contributed by atoms with van der Waals surface area (Å²) in [6.45, 7) is 4.26. The minimum atomic E-state index is -0.373. The summed E-state index contributed by atoms with van der Waals surface area (Å²) >= 11 is 37.0. The topological polar surface area (TPSA) is 48.1 Å². The summed E-state index contributed by atoms with van der Waals surface area (Å²) in [5.41, 5.74) is 4.14. The Morgan fingerprint density at radius 1 is 0.588 bits per heavy atom. The predicted octanol–water partition coefficient (Wildman–Crippen LogP) is 11.5. The van der Waals surface area contributed by atoms with E-state index in [2.05, 4.69) is 27.2 Å². The molecule has 2 saturated heterocycles. The summed E-state index contributed by atoms with van der Waals surface area (Å²) in [6, 6.07) is 35.9. The molecule has 5 aromatic carbocycles. The molecule has 7 rings (SSSR count). The van der Waals surface area contributed by atoms with Crippen molar-refractivity contribution in [1.82, 2.24) is 10.2 Å². The van der Waals surface area contributed by atoms with Crippen LogP contribution in [0.1, 0.15) is 23.2 Å². The molecule has 5 aromatic rings. The fraction of sp³-hybridized carbons (Fsp3) is 0.205. The molecule has 2 aliphatic rings. The first-order valence-corrected chi connectivity index (χ1v) is 18.6. The lowest BCUT2D eigenvalue weighted by atomic mass is 10.0. The van der Waals surface area contributed by atoms with E-state index >= 15 is 0 Å². The third-order valence-corrected chi connectivity index (χ3v) is 10.4. The Labute approximate surface area is 328 Å². The van der Waals surface area contributed by atoms with Crippen molar-refractivity contribution in [2.45, 2.75) is 12.1 Å². The van der Waals surface area contributed by atoms with E-state index in [1.54, 1.807) is 29.2 Å². The first kappa shape index (κ1) is 37.4. The minimum Gasteiger partial charge on any atom is -0.410 e. The van der Waals surface area contributed by atoms with Gasteiger partial charge in [-0.2, -0.15) is 0 Å². The van der Waals surface area contributed by atoms with Gasteiger partial charge in [-0.05, 0) is 83.9 Å². The quantitative estimate of drug-likeness (QED) is 0.192. The Morgan fingerprint density at radius 2 is 1.10 bits per heavy atom. The number of anilines is 2. The summed E-state index contributed by atoms with van der Waals surface area (Å²) < 4.78 is 5.54. The van der Waals surface area contributed by atoms with E-state index in [0.29, 0.717) is 50.5 Å². The van der Waals surface area contributed by atoms with Gasteiger partial charge in [0.05, 0.1) is 33.5 Å². The molecule has 2 aliphatic heterocycles. The number of rotatable bonds is 5. The third kappa shape index (κ3) is 9.57. The third-order valence-electron chi connectivity index (χ3n) is 8.78. The average Bonchev–Trinajstić information content (AvgIpc) is 3.13. The smallest absolute Gasteiger partial charge is 0.410 e. The molecule has 1 amide bonds. The number of carbonyl (C=O) groups excluding carboxylic acids is 1. The fourth-order valence-electron chi connectivity index (χ4n) is 6.27. The molecule has 6 nitrogen and oxygen atoms in total. The van der Waals surface area contributed by atoms with E-state index in [1.165, 1.54) is 5.56 Å². The summed E-state index contributed by atoms with van der Waals surface area (Å²) in [4.78, 5) is 19.0. The van der Waals surface area contributed by atoms with Gasteiger partial charge in [0.1, 0.15) is 5.75 Å². The van der Waals surface area contributed by atoms with Crippen molar-refractivity contribution in [3.63, 3.8) is 0 Å². The molecule has 0 aliphatic carbocycles. The number of ether oxygens (including phenoxy) is 1. The van der Waals surface area contributed by atoms with Crippen molar-refractivity contribution in [2.24, 2.45) is 0 Å². The van der Waals surface area contributed by atoms with Gasteiger partial charge in [-0.25, -0.2) is 4.79 Å². The first-order chi connectivity index (χ1) is 24.7. The monoisotopic (exact) mass is 800 g/mol. The van der Waals surface area contributed by atoms with Crippen molar-refractivity contribution in [2.75, 3.05) is 49.1 Å². The molecule has 0 bridgehead atoms. The van der Waals surface area contributed by atoms with Crippen LogP contribution in [-0.4, -0.2) is 50.3 Å². The SMILES string of the molecule is Clc1ccc([C@@H]2CNCCN2c2ccc(Cl)cc2Cl)cc1.O=C(Oc1ccccc1)N1CCN(c2ccc(Cl)cc2Cl)[C@H](c2ccc(Cl)cc2)C1. The van der Waals surface area contributed by atoms with E-state index in [0.717, 1.165) is 41.6 Å². The van der Waals surface area contributed by atoms with E-state index in [-0.39, 0.29) is 18.2 Å². The lowest BCUT2D eigenvalue weighted by Gasteiger charge is -2.42. The van der Waals surface area contributed by atoms with Gasteiger partial charge in [0.25, 0.3) is 0 Å². The molecule has 2 atom stereocenters. The van der Waals surface area contributed by atoms with Crippen LogP contribution in [0.5, 0.6) is 5.75 Å². The van der Waals surface area contributed by atoms with Gasteiger partial charge >= 0.3 is 6.09 Å². The number of nitrogens with zero attached hydrogens (tertiary/aromatic N) is 3. The zero-order valence-electron chi connectivity index (χ0n) is 27.3. The summed E-state index contributed by atoms with van der Waals surface area (Å²) in [5, 5.41) is 7.33. The summed E-state index contributed by atoms with van der Waals surface area (Å²) in [7, 11) is 0. The van der Waals surface area contributed by atoms with E-state index in [4.69, 9.17) is 74.3 Å². The second-order valence-electron chi connectivity index (χ2n) is 12.0.